The molecule has 0 aromatic heterocycles. The van der Waals surface area contributed by atoms with Crippen molar-refractivity contribution < 1.29 is 9.53 Å². The zero-order valence-corrected chi connectivity index (χ0v) is 7.93. The van der Waals surface area contributed by atoms with Gasteiger partial charge in [0.25, 0.3) is 0 Å². The number of ether oxygens (including phenoxy) is 1. The lowest BCUT2D eigenvalue weighted by atomic mass is 10.1. The van der Waals surface area contributed by atoms with Gasteiger partial charge in [-0.1, -0.05) is 0 Å². The van der Waals surface area contributed by atoms with Crippen molar-refractivity contribution in [3.05, 3.63) is 0 Å². The largest absolute Gasteiger partial charge is 0.381 e. The fourth-order valence-electron chi connectivity index (χ4n) is 1.13. The predicted octanol–water partition coefficient (Wildman–Crippen LogP) is 0.766. The first-order valence-corrected chi connectivity index (χ1v) is 4.63. The first-order valence-electron chi connectivity index (χ1n) is 4.19. The Morgan fingerprint density at radius 3 is 3.08 bits per heavy atom. The summed E-state index contributed by atoms with van der Waals surface area (Å²) in [6.45, 7) is 3.65. The summed E-state index contributed by atoms with van der Waals surface area (Å²) in [6, 6.07) is 0. The Morgan fingerprint density at radius 1 is 1.83 bits per heavy atom. The van der Waals surface area contributed by atoms with Crippen molar-refractivity contribution in [1.82, 2.24) is 5.32 Å². The highest BCUT2D eigenvalue weighted by Crippen LogP contribution is 2.11. The van der Waals surface area contributed by atoms with Crippen LogP contribution < -0.4 is 5.32 Å². The Balaban J connectivity index is 2.18. The molecule has 4 heteroatoms. The Hall–Kier alpha value is -0.280. The summed E-state index contributed by atoms with van der Waals surface area (Å²) in [5.41, 5.74) is 0. The molecular weight excluding hydrogens is 178 g/mol. The third kappa shape index (κ3) is 2.99. The highest BCUT2D eigenvalue weighted by atomic mass is 35.5. The smallest absolute Gasteiger partial charge is 0.225 e. The van der Waals surface area contributed by atoms with Gasteiger partial charge in [0.2, 0.25) is 5.91 Å². The fraction of sp³-hybridized carbons (Fsp3) is 0.875. The molecule has 3 nitrogen and oxygen atoms in total. The average Bonchev–Trinajstić information content (AvgIpc) is 2.51. The van der Waals surface area contributed by atoms with Crippen molar-refractivity contribution in [2.24, 2.45) is 5.92 Å². The molecule has 2 unspecified atom stereocenters. The van der Waals surface area contributed by atoms with Gasteiger partial charge in [-0.25, -0.2) is 0 Å². The SMILES string of the molecule is CC(Cl)CNC(=O)C1CCOC1. The molecule has 1 heterocycles. The topological polar surface area (TPSA) is 38.3 Å². The van der Waals surface area contributed by atoms with Crippen LogP contribution in [0.4, 0.5) is 0 Å². The zero-order valence-electron chi connectivity index (χ0n) is 7.18. The number of amides is 1. The van der Waals surface area contributed by atoms with E-state index in [0.717, 1.165) is 6.42 Å². The van der Waals surface area contributed by atoms with Gasteiger partial charge in [-0.05, 0) is 13.3 Å². The number of hydrogen-bond acceptors (Lipinski definition) is 2. The Bertz CT molecular complexity index is 155. The lowest BCUT2D eigenvalue weighted by Gasteiger charge is -2.09. The molecule has 2 atom stereocenters. The van der Waals surface area contributed by atoms with Crippen LogP contribution in [0.2, 0.25) is 0 Å². The Morgan fingerprint density at radius 2 is 2.58 bits per heavy atom. The molecule has 0 radical (unpaired) electrons. The van der Waals surface area contributed by atoms with E-state index in [2.05, 4.69) is 5.32 Å². The van der Waals surface area contributed by atoms with Crippen LogP contribution in [0.1, 0.15) is 13.3 Å². The standard InChI is InChI=1S/C8H14ClNO2/c1-6(9)4-10-8(11)7-2-3-12-5-7/h6-7H,2-5H2,1H3,(H,10,11). The van der Waals surface area contributed by atoms with Gasteiger partial charge < -0.3 is 10.1 Å². The average molecular weight is 192 g/mol. The number of halogens is 1. The van der Waals surface area contributed by atoms with Crippen LogP contribution in [0, 0.1) is 5.92 Å². The molecule has 1 aliphatic heterocycles. The van der Waals surface area contributed by atoms with Crippen molar-refractivity contribution in [3.8, 4) is 0 Å². The van der Waals surface area contributed by atoms with Crippen LogP contribution >= 0.6 is 11.6 Å². The Labute approximate surface area is 77.4 Å². The van der Waals surface area contributed by atoms with E-state index in [0.29, 0.717) is 19.8 Å². The van der Waals surface area contributed by atoms with Gasteiger partial charge in [0.1, 0.15) is 0 Å². The second-order valence-corrected chi connectivity index (χ2v) is 3.83. The highest BCUT2D eigenvalue weighted by molar-refractivity contribution is 6.20. The minimum Gasteiger partial charge on any atom is -0.381 e. The van der Waals surface area contributed by atoms with Gasteiger partial charge in [0, 0.05) is 18.5 Å². The van der Waals surface area contributed by atoms with Crippen LogP contribution in [0.5, 0.6) is 0 Å². The van der Waals surface area contributed by atoms with E-state index in [9.17, 15) is 4.79 Å². The molecule has 0 saturated carbocycles. The molecule has 1 N–H and O–H groups in total. The normalized spacial score (nSPS) is 25.3. The van der Waals surface area contributed by atoms with Gasteiger partial charge in [0.05, 0.1) is 12.5 Å². The lowest BCUT2D eigenvalue weighted by Crippen LogP contribution is -2.34. The molecule has 0 aliphatic carbocycles. The van der Waals surface area contributed by atoms with E-state index < -0.39 is 0 Å². The summed E-state index contributed by atoms with van der Waals surface area (Å²) in [4.78, 5) is 11.3. The minimum atomic E-state index is -0.00345. The highest BCUT2D eigenvalue weighted by Gasteiger charge is 2.22. The zero-order chi connectivity index (χ0) is 8.97. The van der Waals surface area contributed by atoms with E-state index >= 15 is 0 Å². The first kappa shape index (κ1) is 9.81. The number of carbonyl (C=O) groups is 1. The number of carbonyl (C=O) groups excluding carboxylic acids is 1. The van der Waals surface area contributed by atoms with E-state index in [4.69, 9.17) is 16.3 Å². The third-order valence-corrected chi connectivity index (χ3v) is 2.01. The monoisotopic (exact) mass is 191 g/mol. The van der Waals surface area contributed by atoms with E-state index in [-0.39, 0.29) is 17.2 Å². The molecule has 0 aromatic rings. The Kier molecular flexibility index (Phi) is 3.82. The fourth-order valence-corrected chi connectivity index (χ4v) is 1.20. The summed E-state index contributed by atoms with van der Waals surface area (Å²) < 4.78 is 5.09. The van der Waals surface area contributed by atoms with E-state index in [1.54, 1.807) is 0 Å². The minimum absolute atomic E-state index is 0.00345. The number of nitrogens with one attached hydrogen (secondary N) is 1. The van der Waals surface area contributed by atoms with Gasteiger partial charge in [-0.2, -0.15) is 0 Å². The molecule has 0 aromatic carbocycles. The van der Waals surface area contributed by atoms with Crippen molar-refractivity contribution >= 4 is 17.5 Å². The second-order valence-electron chi connectivity index (χ2n) is 3.09. The summed E-state index contributed by atoms with van der Waals surface area (Å²) in [5.74, 6) is 0.111. The van der Waals surface area contributed by atoms with E-state index in [1.807, 2.05) is 6.92 Å². The maximum absolute atomic E-state index is 11.3. The number of rotatable bonds is 3. The summed E-state index contributed by atoms with van der Waals surface area (Å²) in [6.07, 6.45) is 0.836. The number of hydrogen-bond donors (Lipinski definition) is 1. The van der Waals surface area contributed by atoms with Gasteiger partial charge in [-0.3, -0.25) is 4.79 Å². The molecule has 1 rings (SSSR count). The molecule has 1 aliphatic rings. The maximum atomic E-state index is 11.3. The van der Waals surface area contributed by atoms with E-state index in [1.165, 1.54) is 0 Å². The van der Waals surface area contributed by atoms with Crippen LogP contribution in [0.25, 0.3) is 0 Å². The number of alkyl halides is 1. The summed E-state index contributed by atoms with van der Waals surface area (Å²) in [5, 5.41) is 2.77. The summed E-state index contributed by atoms with van der Waals surface area (Å²) >= 11 is 5.68. The first-order chi connectivity index (χ1) is 5.70. The molecule has 70 valence electrons. The molecule has 1 amide bonds. The third-order valence-electron chi connectivity index (χ3n) is 1.86. The second kappa shape index (κ2) is 4.67. The molecule has 0 spiro atoms. The van der Waals surface area contributed by atoms with Crippen LogP contribution in [0.15, 0.2) is 0 Å². The van der Waals surface area contributed by atoms with Crippen molar-refractivity contribution in [2.45, 2.75) is 18.7 Å². The molecule has 1 saturated heterocycles. The molecule has 0 bridgehead atoms. The predicted molar refractivity (Wildman–Crippen MR) is 47.3 cm³/mol. The van der Waals surface area contributed by atoms with Gasteiger partial charge >= 0.3 is 0 Å². The van der Waals surface area contributed by atoms with Crippen molar-refractivity contribution in [3.63, 3.8) is 0 Å². The summed E-state index contributed by atoms with van der Waals surface area (Å²) in [7, 11) is 0. The van der Waals surface area contributed by atoms with Crippen LogP contribution in [-0.4, -0.2) is 31.0 Å². The molecule has 1 fully saturated rings. The van der Waals surface area contributed by atoms with Gasteiger partial charge in [0.15, 0.2) is 0 Å². The molecule has 12 heavy (non-hydrogen) atoms. The van der Waals surface area contributed by atoms with Crippen molar-refractivity contribution in [1.29, 1.82) is 0 Å². The van der Waals surface area contributed by atoms with Crippen LogP contribution in [-0.2, 0) is 9.53 Å². The lowest BCUT2D eigenvalue weighted by molar-refractivity contribution is -0.124. The molecular formula is C8H14ClNO2. The quantitative estimate of drug-likeness (QED) is 0.670. The van der Waals surface area contributed by atoms with Crippen molar-refractivity contribution in [2.75, 3.05) is 19.8 Å². The van der Waals surface area contributed by atoms with Crippen LogP contribution in [0.3, 0.4) is 0 Å². The maximum Gasteiger partial charge on any atom is 0.225 e. The van der Waals surface area contributed by atoms with Gasteiger partial charge in [-0.15, -0.1) is 11.6 Å².